The second kappa shape index (κ2) is 16.2. The van der Waals surface area contributed by atoms with Crippen LogP contribution in [0, 0.1) is 10.8 Å². The number of hydrogen-bond donors (Lipinski definition) is 3. The number of hydrogen-bond acceptors (Lipinski definition) is 23. The smallest absolute Gasteiger partial charge is 0.478 e. The van der Waals surface area contributed by atoms with Crippen molar-refractivity contribution >= 4 is 61.5 Å². The molecular weight excluding hydrogens is 845 g/mol. The van der Waals surface area contributed by atoms with E-state index in [1.807, 2.05) is 0 Å². The number of aliphatic hydroxyl groups is 1. The fourth-order valence-corrected chi connectivity index (χ4v) is 8.17. The first kappa shape index (κ1) is 43.2. The second-order valence-electron chi connectivity index (χ2n) is 15.4. The van der Waals surface area contributed by atoms with Crippen molar-refractivity contribution < 1.29 is 74.3 Å². The Balaban J connectivity index is 1.27. The number of phosphoric ester groups is 2. The Morgan fingerprint density at radius 1 is 0.817 bits per heavy atom. The van der Waals surface area contributed by atoms with Crippen molar-refractivity contribution in [3.63, 3.8) is 0 Å². The number of aromatic nitrogens is 8. The molecule has 326 valence electrons. The molecule has 0 saturated carbocycles. The number of ether oxygens (including phenoxy) is 4. The molecule has 0 aliphatic carbocycles. The van der Waals surface area contributed by atoms with E-state index in [0.29, 0.717) is 0 Å². The lowest BCUT2D eigenvalue weighted by Gasteiger charge is -2.28. The number of rotatable bonds is 8. The van der Waals surface area contributed by atoms with Gasteiger partial charge < -0.3 is 35.5 Å². The standard InChI is InChI=1S/C32H41FN10O15P2/c1-31(2,3)29(45)49-13-53-59(47)51-7-15-20(44)22(28(55-15)43-12-41-19-24(35)37-10-39-26(19)43)58-60(48,54-14-50-30(46)32(4,5)6)52-8-16-21(57-59)17(33)27(56-16)42-11-40-18-23(34)36-9-38-25(18)42/h9-12,16-17,21-22,27-28,44H,7-8,13-14H2,1-6H3,(H2,34,36,38)(H2,35,37,39)/t16?,17-,21?,22?,27+,28?,59?,60?/m0/s1. The highest BCUT2D eigenvalue weighted by Crippen LogP contribution is 2.58. The van der Waals surface area contributed by atoms with Crippen LogP contribution in [-0.2, 0) is 64.8 Å². The van der Waals surface area contributed by atoms with Crippen LogP contribution in [0.5, 0.6) is 0 Å². The lowest BCUT2D eigenvalue weighted by atomic mass is 9.98. The van der Waals surface area contributed by atoms with Gasteiger partial charge in [0.1, 0.15) is 48.8 Å². The van der Waals surface area contributed by atoms with Gasteiger partial charge >= 0.3 is 27.6 Å². The molecule has 25 nitrogen and oxygen atoms in total. The van der Waals surface area contributed by atoms with Gasteiger partial charge in [0.25, 0.3) is 0 Å². The van der Waals surface area contributed by atoms with Gasteiger partial charge in [-0.2, -0.15) is 0 Å². The zero-order valence-corrected chi connectivity index (χ0v) is 34.6. The molecule has 28 heteroatoms. The van der Waals surface area contributed by atoms with Crippen LogP contribution in [0.1, 0.15) is 54.0 Å². The van der Waals surface area contributed by atoms with Crippen LogP contribution in [0.4, 0.5) is 16.0 Å². The summed E-state index contributed by atoms with van der Waals surface area (Å²) in [6.07, 6.45) is -6.34. The number of aliphatic hydroxyl groups excluding tert-OH is 1. The predicted molar refractivity (Wildman–Crippen MR) is 198 cm³/mol. The van der Waals surface area contributed by atoms with Crippen molar-refractivity contribution in [2.75, 3.05) is 38.3 Å². The van der Waals surface area contributed by atoms with E-state index in [1.165, 1.54) is 10.9 Å². The molecule has 0 aromatic carbocycles. The van der Waals surface area contributed by atoms with Crippen molar-refractivity contribution in [1.82, 2.24) is 39.0 Å². The van der Waals surface area contributed by atoms with Crippen LogP contribution in [0.2, 0.25) is 0 Å². The maximum absolute atomic E-state index is 16.8. The quantitative estimate of drug-likeness (QED) is 0.129. The number of halogens is 1. The number of anilines is 2. The molecule has 1 saturated heterocycles. The molecule has 3 aliphatic heterocycles. The molecule has 4 aromatic heterocycles. The molecule has 6 unspecified atom stereocenters. The first-order valence-corrected chi connectivity index (χ1v) is 20.8. The minimum absolute atomic E-state index is 0.0207. The second-order valence-corrected chi connectivity index (χ2v) is 18.7. The van der Waals surface area contributed by atoms with Crippen LogP contribution in [0.3, 0.4) is 0 Å². The molecule has 2 bridgehead atoms. The van der Waals surface area contributed by atoms with Crippen LogP contribution in [0.15, 0.2) is 36.8 Å². The summed E-state index contributed by atoms with van der Waals surface area (Å²) in [6, 6.07) is 0. The highest BCUT2D eigenvalue weighted by Gasteiger charge is 2.54. The number of fused-ring (bicyclic) bond motifs is 4. The molecule has 4 aromatic rings. The lowest BCUT2D eigenvalue weighted by Crippen LogP contribution is -2.35. The van der Waals surface area contributed by atoms with E-state index in [2.05, 4.69) is 29.9 Å². The Bertz CT molecular complexity index is 2420. The highest BCUT2D eigenvalue weighted by atomic mass is 31.2. The summed E-state index contributed by atoms with van der Waals surface area (Å²) in [7, 11) is -10.2. The first-order valence-electron chi connectivity index (χ1n) is 17.9. The van der Waals surface area contributed by atoms with Gasteiger partial charge in [0, 0.05) is 0 Å². The Hall–Kier alpha value is -4.91. The van der Waals surface area contributed by atoms with Gasteiger partial charge in [-0.25, -0.2) is 52.5 Å². The van der Waals surface area contributed by atoms with E-state index in [9.17, 15) is 23.8 Å². The van der Waals surface area contributed by atoms with Gasteiger partial charge in [0.05, 0.1) is 23.8 Å². The van der Waals surface area contributed by atoms with E-state index in [4.69, 9.17) is 57.6 Å². The van der Waals surface area contributed by atoms with Crippen LogP contribution in [0.25, 0.3) is 22.3 Å². The Morgan fingerprint density at radius 3 is 1.87 bits per heavy atom. The summed E-state index contributed by atoms with van der Waals surface area (Å²) in [5.41, 5.74) is 10.2. The van der Waals surface area contributed by atoms with Crippen molar-refractivity contribution in [2.45, 2.75) is 78.5 Å². The van der Waals surface area contributed by atoms with E-state index in [-0.39, 0.29) is 34.0 Å². The van der Waals surface area contributed by atoms with Crippen molar-refractivity contribution in [1.29, 1.82) is 0 Å². The number of carbonyl (C=O) groups is 2. The summed E-state index contributed by atoms with van der Waals surface area (Å²) in [5, 5.41) is 11.6. The fourth-order valence-electron chi connectivity index (χ4n) is 5.77. The maximum Gasteiger partial charge on any atom is 0.478 e. The van der Waals surface area contributed by atoms with Crippen molar-refractivity contribution in [3.8, 4) is 0 Å². The molecule has 5 N–H and O–H groups in total. The lowest BCUT2D eigenvalue weighted by molar-refractivity contribution is -0.161. The maximum atomic E-state index is 16.8. The first-order chi connectivity index (χ1) is 28.2. The third-order valence-corrected chi connectivity index (χ3v) is 11.7. The molecule has 3 aliphatic rings. The molecular formula is C32H41FN10O15P2. The number of alkyl halides is 1. The molecule has 0 radical (unpaired) electrons. The number of imidazole rings is 2. The number of nitrogens with two attached hydrogens (primary N) is 2. The monoisotopic (exact) mass is 886 g/mol. The van der Waals surface area contributed by atoms with E-state index >= 15 is 4.39 Å². The van der Waals surface area contributed by atoms with E-state index < -0.39 is 114 Å². The summed E-state index contributed by atoms with van der Waals surface area (Å²) < 4.78 is 104. The molecule has 8 atom stereocenters. The van der Waals surface area contributed by atoms with Gasteiger partial charge in [-0.15, -0.1) is 0 Å². The summed E-state index contributed by atoms with van der Waals surface area (Å²) in [6.45, 7) is 5.45. The van der Waals surface area contributed by atoms with E-state index in [1.54, 1.807) is 41.5 Å². The van der Waals surface area contributed by atoms with Gasteiger partial charge in [0.15, 0.2) is 53.0 Å². The Labute approximate surface area is 339 Å². The number of nitrogen functional groups attached to an aromatic ring is 2. The number of esters is 2. The molecule has 0 spiro atoms. The van der Waals surface area contributed by atoms with Crippen LogP contribution < -0.4 is 11.5 Å². The van der Waals surface area contributed by atoms with Gasteiger partial charge in [0.2, 0.25) is 19.8 Å². The van der Waals surface area contributed by atoms with Gasteiger partial charge in [-0.05, 0) is 41.5 Å². The third kappa shape index (κ3) is 8.64. The van der Waals surface area contributed by atoms with Crippen LogP contribution in [-0.4, -0.2) is 107 Å². The Morgan fingerprint density at radius 2 is 1.33 bits per heavy atom. The Kier molecular flexibility index (Phi) is 11.6. The van der Waals surface area contributed by atoms with Crippen LogP contribution >= 0.6 is 15.6 Å². The zero-order chi connectivity index (χ0) is 43.4. The SMILES string of the molecule is CC(C)(C)C(=O)OCOP1(=O)OCC2O[C@@H](n3cnc4c(N)ncnc43)[C@@H](F)C2OP(=O)(OCOC(=O)C(C)(C)C)OCC2=C(O)C(O1)C(n1cnc3c(N)ncnc31)O2. The fraction of sp³-hybridized carbons (Fsp3) is 0.562. The predicted octanol–water partition coefficient (Wildman–Crippen LogP) is 3.52. The minimum atomic E-state index is -5.12. The molecule has 7 heterocycles. The molecule has 60 heavy (non-hydrogen) atoms. The summed E-state index contributed by atoms with van der Waals surface area (Å²) >= 11 is 0. The average molecular weight is 887 g/mol. The van der Waals surface area contributed by atoms with Crippen molar-refractivity contribution in [2.24, 2.45) is 10.8 Å². The third-order valence-electron chi connectivity index (χ3n) is 8.94. The van der Waals surface area contributed by atoms with Gasteiger partial charge in [-0.3, -0.25) is 36.8 Å². The summed E-state index contributed by atoms with van der Waals surface area (Å²) in [4.78, 5) is 49.6. The van der Waals surface area contributed by atoms with Gasteiger partial charge in [-0.1, -0.05) is 0 Å². The number of nitrogens with zero attached hydrogens (tertiary/aromatic N) is 8. The summed E-state index contributed by atoms with van der Waals surface area (Å²) in [5.74, 6) is -2.89. The number of phosphoric acid groups is 2. The van der Waals surface area contributed by atoms with Crippen molar-refractivity contribution in [3.05, 3.63) is 36.8 Å². The minimum Gasteiger partial charge on any atom is -0.506 e. The largest absolute Gasteiger partial charge is 0.506 e. The topological polar surface area (TPSA) is 320 Å². The van der Waals surface area contributed by atoms with E-state index in [0.717, 1.165) is 23.5 Å². The molecule has 7 rings (SSSR count). The molecule has 1 fully saturated rings. The number of carbonyl (C=O) groups excluding carboxylic acids is 2. The average Bonchev–Trinajstić information content (AvgIpc) is 3.94. The highest BCUT2D eigenvalue weighted by molar-refractivity contribution is 7.48. The normalized spacial score (nSPS) is 29.1. The zero-order valence-electron chi connectivity index (χ0n) is 32.8. The molecule has 0 amide bonds.